The van der Waals surface area contributed by atoms with Gasteiger partial charge in [0.25, 0.3) is 0 Å². The van der Waals surface area contributed by atoms with Gasteiger partial charge in [0.15, 0.2) is 11.5 Å². The minimum Gasteiger partial charge on any atom is -0.493 e. The van der Waals surface area contributed by atoms with Crippen LogP contribution >= 0.6 is 0 Å². The Morgan fingerprint density at radius 1 is 1.04 bits per heavy atom. The maximum atomic E-state index is 12.7. The molecule has 3 amide bonds. The van der Waals surface area contributed by atoms with Gasteiger partial charge in [-0.15, -0.1) is 0 Å². The summed E-state index contributed by atoms with van der Waals surface area (Å²) in [6, 6.07) is 12.8. The summed E-state index contributed by atoms with van der Waals surface area (Å²) in [5.74, 6) is 0.939. The van der Waals surface area contributed by atoms with Gasteiger partial charge in [-0.2, -0.15) is 0 Å². The Bertz CT molecular complexity index is 851. The third-order valence-electron chi connectivity index (χ3n) is 4.75. The van der Waals surface area contributed by atoms with Crippen LogP contribution in [0.5, 0.6) is 11.5 Å². The van der Waals surface area contributed by atoms with Crippen LogP contribution in [0.4, 0.5) is 16.2 Å². The summed E-state index contributed by atoms with van der Waals surface area (Å²) < 4.78 is 10.5. The lowest BCUT2D eigenvalue weighted by Gasteiger charge is -2.19. The molecule has 3 rings (SSSR count). The number of ether oxygens (including phenoxy) is 2. The van der Waals surface area contributed by atoms with Gasteiger partial charge < -0.3 is 19.7 Å². The fourth-order valence-electron chi connectivity index (χ4n) is 3.16. The molecule has 0 radical (unpaired) electrons. The molecule has 0 atom stereocenters. The summed E-state index contributed by atoms with van der Waals surface area (Å²) in [6.07, 6.45) is 0.947. The molecule has 1 N–H and O–H groups in total. The number of benzene rings is 2. The van der Waals surface area contributed by atoms with Crippen LogP contribution < -0.4 is 19.7 Å². The van der Waals surface area contributed by atoms with Crippen molar-refractivity contribution in [2.75, 3.05) is 44.1 Å². The second-order valence-corrected chi connectivity index (χ2v) is 6.49. The van der Waals surface area contributed by atoms with Crippen molar-refractivity contribution < 1.29 is 19.1 Å². The predicted molar refractivity (Wildman–Crippen MR) is 108 cm³/mol. The van der Waals surface area contributed by atoms with Gasteiger partial charge >= 0.3 is 6.03 Å². The van der Waals surface area contributed by atoms with Crippen molar-refractivity contribution in [1.82, 2.24) is 4.90 Å². The van der Waals surface area contributed by atoms with Crippen molar-refractivity contribution in [3.05, 3.63) is 48.0 Å². The van der Waals surface area contributed by atoms with Crippen LogP contribution in [0.15, 0.2) is 42.5 Å². The SMILES string of the molecule is CCc1ccc(NC(=O)CN2CCN(c3ccc(OC)c(OC)c3)C2=O)cc1. The summed E-state index contributed by atoms with van der Waals surface area (Å²) in [5, 5.41) is 2.84. The van der Waals surface area contributed by atoms with Crippen LogP contribution in [-0.2, 0) is 11.2 Å². The molecule has 0 spiro atoms. The molecular formula is C21H25N3O4. The normalized spacial score (nSPS) is 13.6. The zero-order chi connectivity index (χ0) is 20.1. The monoisotopic (exact) mass is 383 g/mol. The molecule has 2 aromatic carbocycles. The van der Waals surface area contributed by atoms with Gasteiger partial charge in [-0.3, -0.25) is 9.69 Å². The Hall–Kier alpha value is -3.22. The molecule has 0 aromatic heterocycles. The maximum absolute atomic E-state index is 12.7. The number of amides is 3. The van der Waals surface area contributed by atoms with Gasteiger partial charge in [-0.1, -0.05) is 19.1 Å². The summed E-state index contributed by atoms with van der Waals surface area (Å²) in [5.41, 5.74) is 2.64. The van der Waals surface area contributed by atoms with Crippen molar-refractivity contribution in [3.63, 3.8) is 0 Å². The van der Waals surface area contributed by atoms with E-state index >= 15 is 0 Å². The number of rotatable bonds is 7. The first-order valence-electron chi connectivity index (χ1n) is 9.23. The summed E-state index contributed by atoms with van der Waals surface area (Å²) >= 11 is 0. The maximum Gasteiger partial charge on any atom is 0.325 e. The van der Waals surface area contributed by atoms with Crippen molar-refractivity contribution in [1.29, 1.82) is 0 Å². The lowest BCUT2D eigenvalue weighted by Crippen LogP contribution is -2.37. The Morgan fingerprint density at radius 2 is 1.75 bits per heavy atom. The Morgan fingerprint density at radius 3 is 2.39 bits per heavy atom. The molecule has 7 nitrogen and oxygen atoms in total. The molecule has 1 saturated heterocycles. The molecule has 1 aliphatic heterocycles. The summed E-state index contributed by atoms with van der Waals surface area (Å²) in [4.78, 5) is 28.2. The smallest absolute Gasteiger partial charge is 0.325 e. The number of hydrogen-bond donors (Lipinski definition) is 1. The minimum atomic E-state index is -0.216. The Kier molecular flexibility index (Phi) is 6.03. The topological polar surface area (TPSA) is 71.1 Å². The molecule has 1 aliphatic rings. The molecule has 0 aliphatic carbocycles. The Labute approximate surface area is 164 Å². The highest BCUT2D eigenvalue weighted by molar-refractivity contribution is 5.99. The second-order valence-electron chi connectivity index (χ2n) is 6.49. The number of aryl methyl sites for hydroxylation is 1. The molecule has 1 heterocycles. The molecule has 1 fully saturated rings. The van der Waals surface area contributed by atoms with Crippen molar-refractivity contribution in [2.24, 2.45) is 0 Å². The van der Waals surface area contributed by atoms with Gasteiger partial charge in [0.2, 0.25) is 5.91 Å². The van der Waals surface area contributed by atoms with E-state index in [1.54, 1.807) is 37.3 Å². The minimum absolute atomic E-state index is 0.0121. The summed E-state index contributed by atoms with van der Waals surface area (Å²) in [6.45, 7) is 3.08. The first-order valence-corrected chi connectivity index (χ1v) is 9.23. The highest BCUT2D eigenvalue weighted by Gasteiger charge is 2.31. The average molecular weight is 383 g/mol. The largest absolute Gasteiger partial charge is 0.493 e. The van der Waals surface area contributed by atoms with E-state index in [0.29, 0.717) is 30.3 Å². The van der Waals surface area contributed by atoms with E-state index in [0.717, 1.165) is 12.1 Å². The number of carbonyl (C=O) groups excluding carboxylic acids is 2. The molecule has 0 bridgehead atoms. The fraction of sp³-hybridized carbons (Fsp3) is 0.333. The molecule has 148 valence electrons. The number of nitrogens with one attached hydrogen (secondary N) is 1. The number of hydrogen-bond acceptors (Lipinski definition) is 4. The van der Waals surface area contributed by atoms with E-state index in [1.807, 2.05) is 24.3 Å². The first kappa shape index (κ1) is 19.5. The predicted octanol–water partition coefficient (Wildman–Crippen LogP) is 3.15. The number of methoxy groups -OCH3 is 2. The van der Waals surface area contributed by atoms with Crippen LogP contribution in [-0.4, -0.2) is 50.7 Å². The molecule has 7 heteroatoms. The molecule has 28 heavy (non-hydrogen) atoms. The Balaban J connectivity index is 1.62. The van der Waals surface area contributed by atoms with Crippen LogP contribution in [0.3, 0.4) is 0 Å². The lowest BCUT2D eigenvalue weighted by molar-refractivity contribution is -0.116. The number of urea groups is 1. The van der Waals surface area contributed by atoms with E-state index in [-0.39, 0.29) is 18.5 Å². The molecule has 0 unspecified atom stereocenters. The second kappa shape index (κ2) is 8.65. The van der Waals surface area contributed by atoms with E-state index in [4.69, 9.17) is 9.47 Å². The quantitative estimate of drug-likeness (QED) is 0.797. The standard InChI is InChI=1S/C21H25N3O4/c1-4-15-5-7-16(8-6-15)22-20(25)14-23-11-12-24(21(23)26)17-9-10-18(27-2)19(13-17)28-3/h5-10,13H,4,11-12,14H2,1-3H3,(H,22,25). The van der Waals surface area contributed by atoms with Crippen LogP contribution in [0.25, 0.3) is 0 Å². The third kappa shape index (κ3) is 4.19. The molecular weight excluding hydrogens is 358 g/mol. The van der Waals surface area contributed by atoms with Crippen LogP contribution in [0.2, 0.25) is 0 Å². The van der Waals surface area contributed by atoms with E-state index < -0.39 is 0 Å². The number of carbonyl (C=O) groups is 2. The van der Waals surface area contributed by atoms with E-state index in [2.05, 4.69) is 12.2 Å². The first-order chi connectivity index (χ1) is 13.5. The highest BCUT2D eigenvalue weighted by atomic mass is 16.5. The van der Waals surface area contributed by atoms with Gasteiger partial charge in [0.1, 0.15) is 6.54 Å². The zero-order valence-corrected chi connectivity index (χ0v) is 16.4. The van der Waals surface area contributed by atoms with Gasteiger partial charge in [-0.25, -0.2) is 4.79 Å². The van der Waals surface area contributed by atoms with Crippen molar-refractivity contribution >= 4 is 23.3 Å². The zero-order valence-electron chi connectivity index (χ0n) is 16.4. The third-order valence-corrected chi connectivity index (χ3v) is 4.75. The highest BCUT2D eigenvalue weighted by Crippen LogP contribution is 2.32. The van der Waals surface area contributed by atoms with E-state index in [9.17, 15) is 9.59 Å². The van der Waals surface area contributed by atoms with Gasteiger partial charge in [0, 0.05) is 30.5 Å². The molecule has 0 saturated carbocycles. The van der Waals surface area contributed by atoms with Gasteiger partial charge in [-0.05, 0) is 36.2 Å². The van der Waals surface area contributed by atoms with Gasteiger partial charge in [0.05, 0.1) is 14.2 Å². The number of nitrogens with zero attached hydrogens (tertiary/aromatic N) is 2. The number of anilines is 2. The van der Waals surface area contributed by atoms with Crippen LogP contribution in [0.1, 0.15) is 12.5 Å². The van der Waals surface area contributed by atoms with Crippen molar-refractivity contribution in [3.8, 4) is 11.5 Å². The van der Waals surface area contributed by atoms with Crippen LogP contribution in [0, 0.1) is 0 Å². The lowest BCUT2D eigenvalue weighted by atomic mass is 10.1. The molecule has 2 aromatic rings. The van der Waals surface area contributed by atoms with E-state index in [1.165, 1.54) is 10.5 Å². The summed E-state index contributed by atoms with van der Waals surface area (Å²) in [7, 11) is 3.12. The fourth-order valence-corrected chi connectivity index (χ4v) is 3.16. The average Bonchev–Trinajstić information content (AvgIpc) is 3.08. The van der Waals surface area contributed by atoms with Crippen molar-refractivity contribution in [2.45, 2.75) is 13.3 Å².